The average Bonchev–Trinajstić information content (AvgIpc) is 3.35. The van der Waals surface area contributed by atoms with Gasteiger partial charge in [0.25, 0.3) is 5.91 Å². The van der Waals surface area contributed by atoms with Gasteiger partial charge in [0.15, 0.2) is 6.23 Å². The van der Waals surface area contributed by atoms with Gasteiger partial charge in [-0.25, -0.2) is 0 Å². The number of aliphatic hydroxyl groups is 1. The molecule has 5 aromatic rings. The molecule has 4 aromatic carbocycles. The van der Waals surface area contributed by atoms with Gasteiger partial charge in [-0.15, -0.1) is 0 Å². The lowest BCUT2D eigenvalue weighted by Crippen LogP contribution is -2.22. The Morgan fingerprint density at radius 3 is 2.13 bits per heavy atom. The summed E-state index contributed by atoms with van der Waals surface area (Å²) in [6.07, 6.45) is -11.2. The van der Waals surface area contributed by atoms with Crippen LogP contribution in [0.4, 0.5) is 26.3 Å². The van der Waals surface area contributed by atoms with Gasteiger partial charge in [0.1, 0.15) is 0 Å². The molecule has 1 aliphatic heterocycles. The Bertz CT molecular complexity index is 1800. The summed E-state index contributed by atoms with van der Waals surface area (Å²) in [5, 5.41) is 11.8. The molecule has 0 bridgehead atoms. The van der Waals surface area contributed by atoms with E-state index in [1.54, 1.807) is 53.1 Å². The molecule has 6 rings (SSSR count). The zero-order valence-electron chi connectivity index (χ0n) is 20.1. The third kappa shape index (κ3) is 3.69. The number of aliphatic hydroxyl groups excluding tert-OH is 1. The highest BCUT2D eigenvalue weighted by atomic mass is 19.4. The maximum absolute atomic E-state index is 14.1. The van der Waals surface area contributed by atoms with Crippen LogP contribution < -0.4 is 0 Å². The van der Waals surface area contributed by atoms with E-state index in [0.29, 0.717) is 44.7 Å². The summed E-state index contributed by atoms with van der Waals surface area (Å²) in [5.74, 6) is -0.375. The SMILES string of the molecule is CN1C(=O)c2cccc(-n3c4ccccc4c4c(-c5ccc(C(F)(F)F)cc5C(F)(F)F)cccc43)c2C1O. The van der Waals surface area contributed by atoms with Crippen LogP contribution in [0.15, 0.2) is 78.9 Å². The summed E-state index contributed by atoms with van der Waals surface area (Å²) in [5.41, 5.74) is -0.921. The van der Waals surface area contributed by atoms with E-state index in [1.807, 2.05) is 0 Å². The first-order valence-electron chi connectivity index (χ1n) is 11.8. The van der Waals surface area contributed by atoms with Gasteiger partial charge < -0.3 is 14.6 Å². The van der Waals surface area contributed by atoms with Crippen molar-refractivity contribution in [2.45, 2.75) is 18.6 Å². The van der Waals surface area contributed by atoms with Gasteiger partial charge in [0, 0.05) is 28.9 Å². The van der Waals surface area contributed by atoms with Crippen LogP contribution in [0.5, 0.6) is 0 Å². The molecule has 0 fully saturated rings. The summed E-state index contributed by atoms with van der Waals surface area (Å²) in [7, 11) is 1.46. The Labute approximate surface area is 217 Å². The van der Waals surface area contributed by atoms with E-state index in [0.717, 1.165) is 6.07 Å². The van der Waals surface area contributed by atoms with E-state index in [1.165, 1.54) is 24.1 Å². The van der Waals surface area contributed by atoms with Crippen LogP contribution in [0, 0.1) is 0 Å². The van der Waals surface area contributed by atoms with Crippen LogP contribution in [-0.4, -0.2) is 27.5 Å². The Morgan fingerprint density at radius 2 is 1.41 bits per heavy atom. The molecule has 0 aliphatic carbocycles. The van der Waals surface area contributed by atoms with Crippen molar-refractivity contribution in [3.63, 3.8) is 0 Å². The predicted octanol–water partition coefficient (Wildman–Crippen LogP) is 7.56. The smallest absolute Gasteiger partial charge is 0.369 e. The quantitative estimate of drug-likeness (QED) is 0.235. The van der Waals surface area contributed by atoms with Crippen molar-refractivity contribution in [1.29, 1.82) is 0 Å². The molecule has 1 N–H and O–H groups in total. The molecule has 0 saturated carbocycles. The van der Waals surface area contributed by atoms with E-state index >= 15 is 0 Å². The fourth-order valence-corrected chi connectivity index (χ4v) is 5.39. The van der Waals surface area contributed by atoms with Crippen molar-refractivity contribution in [3.05, 3.63) is 101 Å². The standard InChI is InChI=1S/C29H18F6N2O2/c1-36-26(38)19-8-5-11-23(25(19)27(36)39)37-21-9-3-2-6-18(21)24-17(7-4-10-22(24)37)16-13-12-15(28(30,31)32)14-20(16)29(33,34)35/h2-14,27,39H,1H3. The molecule has 4 nitrogen and oxygen atoms in total. The third-order valence-electron chi connectivity index (χ3n) is 7.14. The number of benzene rings is 4. The van der Waals surface area contributed by atoms with E-state index < -0.39 is 35.3 Å². The molecular formula is C29H18F6N2O2. The Kier molecular flexibility index (Phi) is 5.35. The molecule has 1 atom stereocenters. The topological polar surface area (TPSA) is 45.5 Å². The molecule has 1 aliphatic rings. The number of aromatic nitrogens is 1. The second-order valence-corrected chi connectivity index (χ2v) is 9.34. The Balaban J connectivity index is 1.71. The zero-order chi connectivity index (χ0) is 27.9. The predicted molar refractivity (Wildman–Crippen MR) is 133 cm³/mol. The summed E-state index contributed by atoms with van der Waals surface area (Å²) < 4.78 is 84.1. The van der Waals surface area contributed by atoms with Crippen LogP contribution in [-0.2, 0) is 12.4 Å². The van der Waals surface area contributed by atoms with Crippen molar-refractivity contribution >= 4 is 27.7 Å². The number of nitrogens with zero attached hydrogens (tertiary/aromatic N) is 2. The highest BCUT2D eigenvalue weighted by Crippen LogP contribution is 2.46. The lowest BCUT2D eigenvalue weighted by atomic mass is 9.93. The molecule has 198 valence electrons. The van der Waals surface area contributed by atoms with E-state index in [-0.39, 0.29) is 17.5 Å². The van der Waals surface area contributed by atoms with Crippen molar-refractivity contribution < 1.29 is 36.2 Å². The Hall–Kier alpha value is -4.31. The molecular weight excluding hydrogens is 522 g/mol. The number of para-hydroxylation sites is 1. The highest BCUT2D eigenvalue weighted by Gasteiger charge is 2.39. The monoisotopic (exact) mass is 540 g/mol. The van der Waals surface area contributed by atoms with Gasteiger partial charge in [-0.1, -0.05) is 42.5 Å². The lowest BCUT2D eigenvalue weighted by molar-refractivity contribution is -0.142. The molecule has 1 amide bonds. The van der Waals surface area contributed by atoms with Crippen molar-refractivity contribution in [3.8, 4) is 16.8 Å². The maximum Gasteiger partial charge on any atom is 0.417 e. The highest BCUT2D eigenvalue weighted by molar-refractivity contribution is 6.16. The summed E-state index contributed by atoms with van der Waals surface area (Å²) in [4.78, 5) is 13.9. The molecule has 1 aromatic heterocycles. The van der Waals surface area contributed by atoms with Crippen molar-refractivity contribution in [1.82, 2.24) is 9.47 Å². The number of hydrogen-bond acceptors (Lipinski definition) is 2. The van der Waals surface area contributed by atoms with Gasteiger partial charge in [-0.2, -0.15) is 26.3 Å². The minimum atomic E-state index is -5.05. The summed E-state index contributed by atoms with van der Waals surface area (Å²) >= 11 is 0. The normalized spacial score (nSPS) is 15.9. The van der Waals surface area contributed by atoms with Gasteiger partial charge in [0.05, 0.1) is 27.8 Å². The molecule has 0 saturated heterocycles. The van der Waals surface area contributed by atoms with Crippen LogP contribution in [0.25, 0.3) is 38.6 Å². The second kappa shape index (κ2) is 8.34. The first kappa shape index (κ1) is 25.0. The van der Waals surface area contributed by atoms with Crippen LogP contribution in [0.1, 0.15) is 33.3 Å². The van der Waals surface area contributed by atoms with Crippen LogP contribution >= 0.6 is 0 Å². The van der Waals surface area contributed by atoms with E-state index in [4.69, 9.17) is 0 Å². The molecule has 0 spiro atoms. The molecule has 0 radical (unpaired) electrons. The van der Waals surface area contributed by atoms with E-state index in [2.05, 4.69) is 0 Å². The first-order valence-corrected chi connectivity index (χ1v) is 11.8. The van der Waals surface area contributed by atoms with Crippen LogP contribution in [0.3, 0.4) is 0 Å². The second-order valence-electron chi connectivity index (χ2n) is 9.34. The summed E-state index contributed by atoms with van der Waals surface area (Å²) in [6, 6.07) is 18.1. The number of fused-ring (bicyclic) bond motifs is 4. The molecule has 10 heteroatoms. The number of amides is 1. The fourth-order valence-electron chi connectivity index (χ4n) is 5.39. The number of carbonyl (C=O) groups excluding carboxylic acids is 1. The van der Waals surface area contributed by atoms with E-state index in [9.17, 15) is 36.2 Å². The van der Waals surface area contributed by atoms with Gasteiger partial charge in [0.2, 0.25) is 0 Å². The lowest BCUT2D eigenvalue weighted by Gasteiger charge is -2.18. The number of carbonyl (C=O) groups is 1. The minimum Gasteiger partial charge on any atom is -0.369 e. The molecule has 39 heavy (non-hydrogen) atoms. The number of alkyl halides is 6. The Morgan fingerprint density at radius 1 is 0.744 bits per heavy atom. The number of rotatable bonds is 2. The van der Waals surface area contributed by atoms with Crippen LogP contribution in [0.2, 0.25) is 0 Å². The number of hydrogen-bond donors (Lipinski definition) is 1. The zero-order valence-corrected chi connectivity index (χ0v) is 20.1. The largest absolute Gasteiger partial charge is 0.417 e. The van der Waals surface area contributed by atoms with Gasteiger partial charge in [-0.05, 0) is 47.5 Å². The minimum absolute atomic E-state index is 0.102. The summed E-state index contributed by atoms with van der Waals surface area (Å²) in [6.45, 7) is 0. The average molecular weight is 540 g/mol. The first-order chi connectivity index (χ1) is 18.4. The van der Waals surface area contributed by atoms with Crippen molar-refractivity contribution in [2.24, 2.45) is 0 Å². The van der Waals surface area contributed by atoms with Gasteiger partial charge >= 0.3 is 12.4 Å². The van der Waals surface area contributed by atoms with Crippen molar-refractivity contribution in [2.75, 3.05) is 7.05 Å². The molecule has 1 unspecified atom stereocenters. The maximum atomic E-state index is 14.1. The van der Waals surface area contributed by atoms with Gasteiger partial charge in [-0.3, -0.25) is 4.79 Å². The third-order valence-corrected chi connectivity index (χ3v) is 7.14. The molecule has 2 heterocycles. The number of halogens is 6. The fraction of sp³-hybridized carbons (Fsp3) is 0.138.